The van der Waals surface area contributed by atoms with Crippen LogP contribution in [0.2, 0.25) is 0 Å². The molecule has 11 heteroatoms. The predicted octanol–water partition coefficient (Wildman–Crippen LogP) is 4.01. The van der Waals surface area contributed by atoms with E-state index in [2.05, 4.69) is 9.97 Å². The van der Waals surface area contributed by atoms with Crippen LogP contribution >= 0.6 is 0 Å². The molecule has 2 aromatic heterocycles. The molecule has 0 aliphatic carbocycles. The minimum Gasteiger partial charge on any atom is -0.472 e. The third kappa shape index (κ3) is 6.37. The molecule has 0 aliphatic rings. The van der Waals surface area contributed by atoms with Crippen LogP contribution in [0.4, 0.5) is 19.0 Å². The summed E-state index contributed by atoms with van der Waals surface area (Å²) in [5.74, 6) is 6.01. The number of hydrazine groups is 1. The average molecular weight is 481 g/mol. The van der Waals surface area contributed by atoms with Gasteiger partial charge in [0.25, 0.3) is 5.91 Å². The number of likely N-dealkylation sites (N-methyl/N-ethyl adjacent to an activating group) is 1. The predicted molar refractivity (Wildman–Crippen MR) is 124 cm³/mol. The lowest BCUT2D eigenvalue weighted by Gasteiger charge is -2.36. The Kier molecular flexibility index (Phi) is 9.25. The molecule has 2 aromatic rings. The minimum absolute atomic E-state index is 0.0562. The quantitative estimate of drug-likeness (QED) is 0.390. The first-order valence-corrected chi connectivity index (χ1v) is 11.0. The number of alkyl halides is 3. The van der Waals surface area contributed by atoms with Gasteiger partial charge in [0.1, 0.15) is 6.10 Å². The third-order valence-corrected chi connectivity index (χ3v) is 5.32. The molecule has 0 aliphatic heterocycles. The molecule has 0 saturated heterocycles. The Morgan fingerprint density at radius 2 is 1.88 bits per heavy atom. The van der Waals surface area contributed by atoms with Gasteiger partial charge in [0, 0.05) is 36.9 Å². The number of rotatable bonds is 10. The molecule has 1 amide bonds. The van der Waals surface area contributed by atoms with E-state index >= 15 is 0 Å². The van der Waals surface area contributed by atoms with Gasteiger partial charge < -0.3 is 15.4 Å². The van der Waals surface area contributed by atoms with Gasteiger partial charge in [-0.05, 0) is 44.9 Å². The molecule has 0 aromatic carbocycles. The van der Waals surface area contributed by atoms with E-state index in [1.807, 2.05) is 20.8 Å². The summed E-state index contributed by atoms with van der Waals surface area (Å²) >= 11 is 0. The van der Waals surface area contributed by atoms with Crippen LogP contribution in [0.25, 0.3) is 0 Å². The first-order chi connectivity index (χ1) is 16.1. The topological polar surface area (TPSA) is 111 Å². The number of carbonyl (C=O) groups is 1. The molecule has 0 spiro atoms. The van der Waals surface area contributed by atoms with Crippen molar-refractivity contribution in [3.63, 3.8) is 0 Å². The van der Waals surface area contributed by atoms with Gasteiger partial charge in [0.15, 0.2) is 5.82 Å². The third-order valence-electron chi connectivity index (χ3n) is 5.32. The maximum atomic E-state index is 13.6. The number of hydrogen-bond donors (Lipinski definition) is 2. The normalized spacial score (nSPS) is 13.5. The summed E-state index contributed by atoms with van der Waals surface area (Å²) in [6.07, 6.45) is -0.577. The standard InChI is InChI=1S/C23H31F3N6O2/c1-5-18(19(6-2)34-20-11-9-16(14-29-20)23(24,25)26)31(7-3)22(33)17-10-8-15(4)30-21(17)32(28)13-12-27/h8-14,18-19H,5-7,27-28H2,1-4H3/b13-12-. The minimum atomic E-state index is -4.48. The van der Waals surface area contributed by atoms with Crippen LogP contribution in [0.1, 0.15) is 55.2 Å². The number of pyridine rings is 2. The van der Waals surface area contributed by atoms with Crippen molar-refractivity contribution in [1.82, 2.24) is 14.9 Å². The van der Waals surface area contributed by atoms with Crippen molar-refractivity contribution >= 4 is 11.7 Å². The first kappa shape index (κ1) is 26.9. The molecular weight excluding hydrogens is 449 g/mol. The fraction of sp³-hybridized carbons (Fsp3) is 0.435. The van der Waals surface area contributed by atoms with Crippen molar-refractivity contribution in [2.45, 2.75) is 58.9 Å². The van der Waals surface area contributed by atoms with E-state index in [0.29, 0.717) is 25.1 Å². The highest BCUT2D eigenvalue weighted by atomic mass is 19.4. The molecule has 186 valence electrons. The highest BCUT2D eigenvalue weighted by molar-refractivity contribution is 5.99. The van der Waals surface area contributed by atoms with E-state index in [1.54, 1.807) is 24.0 Å². The lowest BCUT2D eigenvalue weighted by atomic mass is 10.0. The molecule has 2 heterocycles. The van der Waals surface area contributed by atoms with Crippen LogP contribution in [0.15, 0.2) is 42.9 Å². The largest absolute Gasteiger partial charge is 0.472 e. The zero-order chi connectivity index (χ0) is 25.5. The summed E-state index contributed by atoms with van der Waals surface area (Å²) < 4.78 is 44.5. The van der Waals surface area contributed by atoms with E-state index in [9.17, 15) is 18.0 Å². The van der Waals surface area contributed by atoms with Crippen molar-refractivity contribution < 1.29 is 22.7 Å². The molecule has 0 saturated carbocycles. The van der Waals surface area contributed by atoms with Crippen LogP contribution in [-0.2, 0) is 6.18 Å². The number of nitrogens with zero attached hydrogens (tertiary/aromatic N) is 4. The monoisotopic (exact) mass is 480 g/mol. The summed E-state index contributed by atoms with van der Waals surface area (Å²) in [5, 5.41) is 1.18. The Morgan fingerprint density at radius 3 is 2.38 bits per heavy atom. The molecule has 0 radical (unpaired) electrons. The number of aromatic nitrogens is 2. The van der Waals surface area contributed by atoms with Crippen molar-refractivity contribution in [2.75, 3.05) is 11.6 Å². The van der Waals surface area contributed by atoms with Gasteiger partial charge in [-0.2, -0.15) is 13.2 Å². The Balaban J connectivity index is 2.35. The number of nitrogens with two attached hydrogens (primary N) is 2. The number of carbonyl (C=O) groups excluding carboxylic acids is 1. The fourth-order valence-corrected chi connectivity index (χ4v) is 3.64. The highest BCUT2D eigenvalue weighted by Crippen LogP contribution is 2.30. The van der Waals surface area contributed by atoms with Gasteiger partial charge in [-0.15, -0.1) is 0 Å². The van der Waals surface area contributed by atoms with Crippen LogP contribution in [0.5, 0.6) is 5.88 Å². The summed E-state index contributed by atoms with van der Waals surface area (Å²) in [6, 6.07) is 5.09. The van der Waals surface area contributed by atoms with E-state index < -0.39 is 17.8 Å². The number of aryl methyl sites for hydroxylation is 1. The summed E-state index contributed by atoms with van der Waals surface area (Å²) in [4.78, 5) is 23.4. The van der Waals surface area contributed by atoms with Crippen molar-refractivity contribution in [3.8, 4) is 5.88 Å². The molecule has 2 atom stereocenters. The van der Waals surface area contributed by atoms with Crippen molar-refractivity contribution in [2.24, 2.45) is 11.6 Å². The first-order valence-electron chi connectivity index (χ1n) is 11.0. The summed E-state index contributed by atoms with van der Waals surface area (Å²) in [5.41, 5.74) is 5.54. The van der Waals surface area contributed by atoms with E-state index in [1.165, 1.54) is 23.5 Å². The summed E-state index contributed by atoms with van der Waals surface area (Å²) in [6.45, 7) is 7.77. The number of amides is 1. The van der Waals surface area contributed by atoms with Crippen LogP contribution in [-0.4, -0.2) is 39.5 Å². The molecule has 0 bridgehead atoms. The maximum absolute atomic E-state index is 13.6. The lowest BCUT2D eigenvalue weighted by molar-refractivity contribution is -0.137. The fourth-order valence-electron chi connectivity index (χ4n) is 3.64. The molecule has 34 heavy (non-hydrogen) atoms. The van der Waals surface area contributed by atoms with Crippen LogP contribution in [0, 0.1) is 6.92 Å². The Labute approximate surface area is 197 Å². The second kappa shape index (κ2) is 11.7. The lowest BCUT2D eigenvalue weighted by Crippen LogP contribution is -2.49. The van der Waals surface area contributed by atoms with Gasteiger partial charge >= 0.3 is 6.18 Å². The molecular formula is C23H31F3N6O2. The molecule has 2 unspecified atom stereocenters. The second-order valence-corrected chi connectivity index (χ2v) is 7.59. The molecule has 2 rings (SSSR count). The van der Waals surface area contributed by atoms with E-state index in [0.717, 1.165) is 12.3 Å². The average Bonchev–Trinajstić information content (AvgIpc) is 2.80. The number of halogens is 3. The molecule has 4 N–H and O–H groups in total. The second-order valence-electron chi connectivity index (χ2n) is 7.59. The van der Waals surface area contributed by atoms with Gasteiger partial charge in [0.05, 0.1) is 17.2 Å². The van der Waals surface area contributed by atoms with Crippen molar-refractivity contribution in [1.29, 1.82) is 0 Å². The number of anilines is 1. The van der Waals surface area contributed by atoms with Gasteiger partial charge in [-0.1, -0.05) is 13.8 Å². The van der Waals surface area contributed by atoms with E-state index in [4.69, 9.17) is 16.3 Å². The number of ether oxygens (including phenoxy) is 1. The van der Waals surface area contributed by atoms with Gasteiger partial charge in [0.2, 0.25) is 5.88 Å². The maximum Gasteiger partial charge on any atom is 0.417 e. The Bertz CT molecular complexity index is 982. The molecule has 8 nitrogen and oxygen atoms in total. The Morgan fingerprint density at radius 1 is 1.18 bits per heavy atom. The van der Waals surface area contributed by atoms with Crippen LogP contribution in [0.3, 0.4) is 0 Å². The SMILES string of the molecule is CCC(Oc1ccc(C(F)(F)F)cn1)C(CC)N(CC)C(=O)c1ccc(C)nc1N(N)/C=C\N. The van der Waals surface area contributed by atoms with E-state index in [-0.39, 0.29) is 29.2 Å². The van der Waals surface area contributed by atoms with Gasteiger partial charge in [-0.25, -0.2) is 15.8 Å². The Hall–Kier alpha value is -3.34. The number of hydrogen-bond acceptors (Lipinski definition) is 7. The zero-order valence-electron chi connectivity index (χ0n) is 19.7. The summed E-state index contributed by atoms with van der Waals surface area (Å²) in [7, 11) is 0. The highest BCUT2D eigenvalue weighted by Gasteiger charge is 2.33. The van der Waals surface area contributed by atoms with Crippen LogP contribution < -0.4 is 21.3 Å². The van der Waals surface area contributed by atoms with Crippen molar-refractivity contribution in [3.05, 3.63) is 59.7 Å². The zero-order valence-corrected chi connectivity index (χ0v) is 19.7. The smallest absolute Gasteiger partial charge is 0.417 e. The molecule has 0 fully saturated rings. The van der Waals surface area contributed by atoms with Gasteiger partial charge in [-0.3, -0.25) is 9.80 Å².